The molecule has 0 saturated heterocycles. The lowest BCUT2D eigenvalue weighted by molar-refractivity contribution is 0.0696. The maximum atomic E-state index is 13.6. The van der Waals surface area contributed by atoms with Gasteiger partial charge in [-0.15, -0.1) is 0 Å². The monoisotopic (exact) mass is 536 g/mol. The summed E-state index contributed by atoms with van der Waals surface area (Å²) < 4.78 is 8.54. The van der Waals surface area contributed by atoms with E-state index in [1.807, 2.05) is 44.2 Å². The third kappa shape index (κ3) is 4.99. The first-order valence-corrected chi connectivity index (χ1v) is 14.3. The number of rotatable bonds is 6. The second-order valence-corrected chi connectivity index (χ2v) is 11.8. The van der Waals surface area contributed by atoms with E-state index in [1.165, 1.54) is 48.7 Å². The van der Waals surface area contributed by atoms with Crippen LogP contribution in [0.2, 0.25) is 0 Å². The van der Waals surface area contributed by atoms with Gasteiger partial charge >= 0.3 is 5.97 Å². The maximum absolute atomic E-state index is 13.6. The Labute approximate surface area is 235 Å². The molecule has 6 nitrogen and oxygen atoms in total. The Morgan fingerprint density at radius 1 is 0.975 bits per heavy atom. The van der Waals surface area contributed by atoms with E-state index in [-0.39, 0.29) is 11.5 Å². The summed E-state index contributed by atoms with van der Waals surface area (Å²) in [5.74, 6) is 0.371. The topological polar surface area (TPSA) is 80.6 Å². The molecule has 0 atom stereocenters. The molecule has 1 aliphatic carbocycles. The highest BCUT2D eigenvalue weighted by Gasteiger charge is 2.30. The molecule has 0 unspecified atom stereocenters. The molecular weight excluding hydrogens is 500 g/mol. The smallest absolute Gasteiger partial charge is 0.335 e. The van der Waals surface area contributed by atoms with Gasteiger partial charge in [-0.3, -0.25) is 4.79 Å². The van der Waals surface area contributed by atoms with Crippen LogP contribution in [-0.2, 0) is 13.0 Å². The second-order valence-electron chi connectivity index (χ2n) is 11.8. The van der Waals surface area contributed by atoms with Crippen molar-refractivity contribution < 1.29 is 19.4 Å². The van der Waals surface area contributed by atoms with Crippen LogP contribution >= 0.6 is 0 Å². The maximum Gasteiger partial charge on any atom is 0.335 e. The first-order chi connectivity index (χ1) is 19.3. The Balaban J connectivity index is 1.35. The normalized spacial score (nSPS) is 15.6. The number of carboxylic acid groups (broad SMARTS) is 1. The number of hydrogen-bond acceptors (Lipinski definition) is 3. The average molecular weight is 537 g/mol. The molecule has 1 fully saturated rings. The average Bonchev–Trinajstić information content (AvgIpc) is 3.14. The van der Waals surface area contributed by atoms with Crippen molar-refractivity contribution >= 4 is 22.8 Å². The van der Waals surface area contributed by atoms with Gasteiger partial charge in [0.25, 0.3) is 5.91 Å². The van der Waals surface area contributed by atoms with E-state index in [0.29, 0.717) is 24.5 Å². The Hall–Kier alpha value is -4.06. The van der Waals surface area contributed by atoms with Crippen LogP contribution in [0.15, 0.2) is 66.7 Å². The zero-order valence-corrected chi connectivity index (χ0v) is 23.2. The van der Waals surface area contributed by atoms with Gasteiger partial charge in [-0.2, -0.15) is 0 Å². The molecule has 206 valence electrons. The number of carbonyl (C=O) groups is 2. The number of nitrogens with one attached hydrogen (secondary N) is 1. The van der Waals surface area contributed by atoms with Crippen molar-refractivity contribution in [2.45, 2.75) is 70.4 Å². The summed E-state index contributed by atoms with van der Waals surface area (Å²) in [7, 11) is 0. The van der Waals surface area contributed by atoms with E-state index in [4.69, 9.17) is 4.74 Å². The van der Waals surface area contributed by atoms with Crippen molar-refractivity contribution in [3.05, 3.63) is 89.0 Å². The quantitative estimate of drug-likeness (QED) is 0.273. The molecule has 40 heavy (non-hydrogen) atoms. The number of para-hydroxylation sites is 1. The van der Waals surface area contributed by atoms with E-state index in [2.05, 4.69) is 34.1 Å². The minimum Gasteiger partial charge on any atom is -0.491 e. The first-order valence-electron chi connectivity index (χ1n) is 14.3. The molecule has 0 bridgehead atoms. The fourth-order valence-electron chi connectivity index (χ4n) is 6.58. The highest BCUT2D eigenvalue weighted by Crippen LogP contribution is 2.47. The molecule has 1 aromatic heterocycles. The van der Waals surface area contributed by atoms with Crippen molar-refractivity contribution in [1.82, 2.24) is 9.88 Å². The van der Waals surface area contributed by atoms with Gasteiger partial charge in [0.1, 0.15) is 12.4 Å². The summed E-state index contributed by atoms with van der Waals surface area (Å²) in [6, 6.07) is 21.3. The lowest BCUT2D eigenvalue weighted by atomic mass is 9.81. The summed E-state index contributed by atoms with van der Waals surface area (Å²) in [4.78, 5) is 24.7. The number of carboxylic acids is 1. The summed E-state index contributed by atoms with van der Waals surface area (Å²) >= 11 is 0. The number of amides is 1. The van der Waals surface area contributed by atoms with E-state index >= 15 is 0 Å². The molecule has 2 N–H and O–H groups in total. The molecule has 1 aliphatic heterocycles. The largest absolute Gasteiger partial charge is 0.491 e. The third-order valence-electron chi connectivity index (χ3n) is 8.39. The number of aromatic carboxylic acids is 1. The van der Waals surface area contributed by atoms with Gasteiger partial charge in [0.2, 0.25) is 0 Å². The Bertz CT molecular complexity index is 1580. The van der Waals surface area contributed by atoms with E-state index in [1.54, 1.807) is 12.1 Å². The van der Waals surface area contributed by atoms with Gasteiger partial charge in [0, 0.05) is 27.6 Å². The molecule has 2 heterocycles. The summed E-state index contributed by atoms with van der Waals surface area (Å²) in [6.07, 6.45) is 6.78. The standard InChI is InChI=1S/C34H36N2O4/c1-34(2,21-22-12-14-24(15-13-22)33(38)39)35-32(37)25-16-17-26-28(20-25)36-18-19-40-29-11-7-6-10-27(29)31(36)30(26)23-8-4-3-5-9-23/h6-7,10-17,20,23H,3-5,8-9,18-19,21H2,1-2H3,(H,35,37)(H,38,39). The van der Waals surface area contributed by atoms with Crippen molar-refractivity contribution in [1.29, 1.82) is 0 Å². The van der Waals surface area contributed by atoms with Gasteiger partial charge in [0.15, 0.2) is 0 Å². The van der Waals surface area contributed by atoms with Gasteiger partial charge in [-0.05, 0) is 86.6 Å². The summed E-state index contributed by atoms with van der Waals surface area (Å²) in [5, 5.41) is 13.6. The fraction of sp³-hybridized carbons (Fsp3) is 0.353. The molecule has 0 radical (unpaired) electrons. The van der Waals surface area contributed by atoms with E-state index in [0.717, 1.165) is 28.9 Å². The van der Waals surface area contributed by atoms with Gasteiger partial charge in [-0.25, -0.2) is 4.79 Å². The minimum absolute atomic E-state index is 0.117. The molecular formula is C34H36N2O4. The Morgan fingerprint density at radius 2 is 1.70 bits per heavy atom. The van der Waals surface area contributed by atoms with Crippen LogP contribution in [0.5, 0.6) is 5.75 Å². The summed E-state index contributed by atoms with van der Waals surface area (Å²) in [5.41, 5.74) is 6.22. The van der Waals surface area contributed by atoms with E-state index in [9.17, 15) is 14.7 Å². The predicted octanol–water partition coefficient (Wildman–Crippen LogP) is 7.20. The SMILES string of the molecule is CC(C)(Cc1ccc(C(=O)O)cc1)NC(=O)c1ccc2c(C3CCCCC3)c3n(c2c1)CCOc1ccccc1-3. The highest BCUT2D eigenvalue weighted by atomic mass is 16.5. The van der Waals surface area contributed by atoms with Gasteiger partial charge < -0.3 is 19.7 Å². The number of aromatic nitrogens is 1. The van der Waals surface area contributed by atoms with Crippen molar-refractivity contribution in [2.75, 3.05) is 6.61 Å². The molecule has 6 rings (SSSR count). The van der Waals surface area contributed by atoms with Crippen molar-refractivity contribution in [3.8, 4) is 17.0 Å². The molecule has 1 saturated carbocycles. The van der Waals surface area contributed by atoms with Crippen LogP contribution in [0, 0.1) is 0 Å². The number of carbonyl (C=O) groups excluding carboxylic acids is 1. The van der Waals surface area contributed by atoms with Crippen LogP contribution in [0.25, 0.3) is 22.2 Å². The number of nitrogens with zero attached hydrogens (tertiary/aromatic N) is 1. The van der Waals surface area contributed by atoms with Crippen LogP contribution in [-0.4, -0.2) is 33.7 Å². The highest BCUT2D eigenvalue weighted by molar-refractivity contribution is 6.01. The number of ether oxygens (including phenoxy) is 1. The number of benzene rings is 3. The Morgan fingerprint density at radius 3 is 2.45 bits per heavy atom. The molecule has 6 heteroatoms. The zero-order chi connectivity index (χ0) is 27.9. The fourth-order valence-corrected chi connectivity index (χ4v) is 6.58. The van der Waals surface area contributed by atoms with Crippen LogP contribution in [0.4, 0.5) is 0 Å². The first kappa shape index (κ1) is 26.2. The van der Waals surface area contributed by atoms with Crippen molar-refractivity contribution in [2.24, 2.45) is 0 Å². The molecule has 0 spiro atoms. The van der Waals surface area contributed by atoms with Crippen molar-refractivity contribution in [3.63, 3.8) is 0 Å². The lowest BCUT2D eigenvalue weighted by Crippen LogP contribution is -2.45. The van der Waals surface area contributed by atoms with Gasteiger partial charge in [-0.1, -0.05) is 49.6 Å². The molecule has 1 amide bonds. The zero-order valence-electron chi connectivity index (χ0n) is 23.2. The Kier molecular flexibility index (Phi) is 6.87. The van der Waals surface area contributed by atoms with Crippen LogP contribution in [0.3, 0.4) is 0 Å². The van der Waals surface area contributed by atoms with Gasteiger partial charge in [0.05, 0.1) is 17.8 Å². The lowest BCUT2D eigenvalue weighted by Gasteiger charge is -2.26. The van der Waals surface area contributed by atoms with Crippen LogP contribution in [0.1, 0.15) is 83.7 Å². The minimum atomic E-state index is -0.945. The molecule has 3 aromatic carbocycles. The molecule has 4 aromatic rings. The molecule has 2 aliphatic rings. The third-order valence-corrected chi connectivity index (χ3v) is 8.39. The predicted molar refractivity (Wildman–Crippen MR) is 157 cm³/mol. The summed E-state index contributed by atoms with van der Waals surface area (Å²) in [6.45, 7) is 5.30. The number of fused-ring (bicyclic) bond motifs is 5. The van der Waals surface area contributed by atoms with E-state index < -0.39 is 11.5 Å². The second kappa shape index (κ2) is 10.5. The number of hydrogen-bond donors (Lipinski definition) is 2. The van der Waals surface area contributed by atoms with Crippen LogP contribution < -0.4 is 10.1 Å².